The summed E-state index contributed by atoms with van der Waals surface area (Å²) in [5.74, 6) is 0.712. The molecule has 1 amide bonds. The fourth-order valence-corrected chi connectivity index (χ4v) is 1.76. The minimum Gasteiger partial charge on any atom is -0.494 e. The molecule has 1 aromatic carbocycles. The molecule has 1 atom stereocenters. The number of hydrogen-bond donors (Lipinski definition) is 1. The van der Waals surface area contributed by atoms with E-state index in [0.717, 1.165) is 0 Å². The molecule has 5 nitrogen and oxygen atoms in total. The largest absolute Gasteiger partial charge is 0.494 e. The molecule has 0 unspecified atom stereocenters. The Morgan fingerprint density at radius 1 is 1.32 bits per heavy atom. The number of carbonyl (C=O) groups is 2. The Hall–Kier alpha value is -1.88. The summed E-state index contributed by atoms with van der Waals surface area (Å²) in [6, 6.07) is 7.40. The number of carbonyl (C=O) groups excluding carboxylic acids is 2. The zero-order valence-corrected chi connectivity index (χ0v) is 13.9. The van der Waals surface area contributed by atoms with E-state index in [1.54, 1.807) is 18.2 Å². The molecule has 0 fully saturated rings. The van der Waals surface area contributed by atoms with Gasteiger partial charge >= 0.3 is 0 Å². The highest BCUT2D eigenvalue weighted by Crippen LogP contribution is 2.14. The van der Waals surface area contributed by atoms with Crippen LogP contribution in [0.15, 0.2) is 24.3 Å². The van der Waals surface area contributed by atoms with E-state index < -0.39 is 0 Å². The lowest BCUT2D eigenvalue weighted by Crippen LogP contribution is -2.38. The van der Waals surface area contributed by atoms with Crippen molar-refractivity contribution in [1.29, 1.82) is 0 Å². The van der Waals surface area contributed by atoms with E-state index >= 15 is 0 Å². The van der Waals surface area contributed by atoms with Crippen molar-refractivity contribution < 1.29 is 14.3 Å². The first-order valence-corrected chi connectivity index (χ1v) is 7.57. The van der Waals surface area contributed by atoms with Gasteiger partial charge in [0.15, 0.2) is 5.78 Å². The molecule has 0 aromatic heterocycles. The number of ketones is 1. The van der Waals surface area contributed by atoms with E-state index in [9.17, 15) is 9.59 Å². The molecule has 0 aliphatic carbocycles. The first-order valence-electron chi connectivity index (χ1n) is 7.57. The second-order valence-electron chi connectivity index (χ2n) is 5.65. The number of nitrogens with zero attached hydrogens (tertiary/aromatic N) is 1. The third kappa shape index (κ3) is 6.72. The molecule has 1 rings (SSSR count). The number of benzene rings is 1. The Balaban J connectivity index is 2.23. The van der Waals surface area contributed by atoms with Gasteiger partial charge in [0.1, 0.15) is 5.75 Å². The zero-order chi connectivity index (χ0) is 16.5. The predicted molar refractivity (Wildman–Crippen MR) is 87.3 cm³/mol. The molecule has 0 aliphatic heterocycles. The van der Waals surface area contributed by atoms with Gasteiger partial charge in [-0.15, -0.1) is 0 Å². The molecule has 22 heavy (non-hydrogen) atoms. The normalized spacial score (nSPS) is 12.0. The standard InChI is InChI=1S/C17H26N2O3/c1-13(19(3)4)12-18-17(21)9-6-10-22-16-8-5-7-15(11-16)14(2)20/h5,7-8,11,13H,6,9-10,12H2,1-4H3,(H,18,21)/t13-/m0/s1. The van der Waals surface area contributed by atoms with Crippen molar-refractivity contribution in [2.75, 3.05) is 27.2 Å². The molecule has 0 heterocycles. The van der Waals surface area contributed by atoms with Crippen LogP contribution in [0.3, 0.4) is 0 Å². The first-order chi connectivity index (χ1) is 10.4. The molecule has 0 aliphatic rings. The van der Waals surface area contributed by atoms with Crippen molar-refractivity contribution >= 4 is 11.7 Å². The molecule has 0 saturated carbocycles. The number of rotatable bonds is 9. The van der Waals surface area contributed by atoms with Gasteiger partial charge in [0, 0.05) is 24.6 Å². The molecule has 122 valence electrons. The van der Waals surface area contributed by atoms with Crippen LogP contribution in [-0.2, 0) is 4.79 Å². The molecule has 1 N–H and O–H groups in total. The molecule has 0 radical (unpaired) electrons. The van der Waals surface area contributed by atoms with Gasteiger partial charge in [0.2, 0.25) is 5.91 Å². The molecule has 5 heteroatoms. The summed E-state index contributed by atoms with van der Waals surface area (Å²) in [6.07, 6.45) is 1.08. The summed E-state index contributed by atoms with van der Waals surface area (Å²) in [5.41, 5.74) is 0.632. The van der Waals surface area contributed by atoms with Crippen molar-refractivity contribution in [3.8, 4) is 5.75 Å². The lowest BCUT2D eigenvalue weighted by molar-refractivity contribution is -0.121. The van der Waals surface area contributed by atoms with Crippen molar-refractivity contribution in [2.45, 2.75) is 32.7 Å². The Morgan fingerprint density at radius 3 is 2.68 bits per heavy atom. The van der Waals surface area contributed by atoms with Gasteiger partial charge in [-0.1, -0.05) is 12.1 Å². The fraction of sp³-hybridized carbons (Fsp3) is 0.529. The molecular formula is C17H26N2O3. The number of likely N-dealkylation sites (N-methyl/N-ethyl adjacent to an activating group) is 1. The van der Waals surface area contributed by atoms with Gasteiger partial charge in [-0.2, -0.15) is 0 Å². The number of ether oxygens (including phenoxy) is 1. The second kappa shape index (κ2) is 9.20. The summed E-state index contributed by atoms with van der Waals surface area (Å²) in [4.78, 5) is 25.0. The minimum atomic E-state index is 0.0137. The Kier molecular flexibility index (Phi) is 7.60. The highest BCUT2D eigenvalue weighted by atomic mass is 16.5. The van der Waals surface area contributed by atoms with E-state index in [1.807, 2.05) is 20.2 Å². The van der Waals surface area contributed by atoms with Crippen LogP contribution < -0.4 is 10.1 Å². The lowest BCUT2D eigenvalue weighted by Gasteiger charge is -2.19. The fourth-order valence-electron chi connectivity index (χ4n) is 1.76. The molecule has 0 bridgehead atoms. The van der Waals surface area contributed by atoms with Gasteiger partial charge in [0.05, 0.1) is 6.61 Å². The molecule has 0 spiro atoms. The average molecular weight is 306 g/mol. The molecule has 1 aromatic rings. The summed E-state index contributed by atoms with van der Waals surface area (Å²) in [5, 5.41) is 2.91. The zero-order valence-electron chi connectivity index (χ0n) is 13.9. The predicted octanol–water partition coefficient (Wildman–Crippen LogP) is 2.11. The van der Waals surface area contributed by atoms with Crippen molar-refractivity contribution in [3.63, 3.8) is 0 Å². The number of amides is 1. The first kappa shape index (κ1) is 18.2. The third-order valence-corrected chi connectivity index (χ3v) is 3.53. The molecular weight excluding hydrogens is 280 g/mol. The monoisotopic (exact) mass is 306 g/mol. The van der Waals surface area contributed by atoms with Crippen LogP contribution in [0.4, 0.5) is 0 Å². The van der Waals surface area contributed by atoms with Crippen LogP contribution >= 0.6 is 0 Å². The average Bonchev–Trinajstić information content (AvgIpc) is 2.49. The van der Waals surface area contributed by atoms with E-state index in [4.69, 9.17) is 4.74 Å². The Labute approximate surface area is 132 Å². The lowest BCUT2D eigenvalue weighted by atomic mass is 10.1. The maximum Gasteiger partial charge on any atom is 0.220 e. The Bertz CT molecular complexity index is 500. The molecule has 0 saturated heterocycles. The van der Waals surface area contributed by atoms with Gasteiger partial charge in [-0.05, 0) is 46.5 Å². The van der Waals surface area contributed by atoms with Crippen LogP contribution in [0.2, 0.25) is 0 Å². The second-order valence-corrected chi connectivity index (χ2v) is 5.65. The van der Waals surface area contributed by atoms with Crippen LogP contribution in [0.25, 0.3) is 0 Å². The number of hydrogen-bond acceptors (Lipinski definition) is 4. The summed E-state index contributed by atoms with van der Waals surface area (Å²) in [6.45, 7) is 4.69. The van der Waals surface area contributed by atoms with Gasteiger partial charge in [-0.25, -0.2) is 0 Å². The van der Waals surface area contributed by atoms with Crippen molar-refractivity contribution in [1.82, 2.24) is 10.2 Å². The highest BCUT2D eigenvalue weighted by molar-refractivity contribution is 5.94. The van der Waals surface area contributed by atoms with E-state index in [-0.39, 0.29) is 11.7 Å². The van der Waals surface area contributed by atoms with E-state index in [2.05, 4.69) is 17.1 Å². The minimum absolute atomic E-state index is 0.0137. The van der Waals surface area contributed by atoms with E-state index in [1.165, 1.54) is 6.92 Å². The van der Waals surface area contributed by atoms with E-state index in [0.29, 0.717) is 43.3 Å². The SMILES string of the molecule is CC(=O)c1cccc(OCCCC(=O)NC[C@H](C)N(C)C)c1. The van der Waals surface area contributed by atoms with Crippen molar-refractivity contribution in [3.05, 3.63) is 29.8 Å². The van der Waals surface area contributed by atoms with Crippen LogP contribution in [0, 0.1) is 0 Å². The third-order valence-electron chi connectivity index (χ3n) is 3.53. The van der Waals surface area contributed by atoms with Gasteiger partial charge in [0.25, 0.3) is 0 Å². The smallest absolute Gasteiger partial charge is 0.220 e. The maximum atomic E-state index is 11.7. The van der Waals surface area contributed by atoms with Gasteiger partial charge < -0.3 is 15.0 Å². The number of Topliss-reactive ketones (excluding diaryl/α,β-unsaturated/α-hetero) is 1. The van der Waals surface area contributed by atoms with Gasteiger partial charge in [-0.3, -0.25) is 9.59 Å². The highest BCUT2D eigenvalue weighted by Gasteiger charge is 2.07. The summed E-state index contributed by atoms with van der Waals surface area (Å²) in [7, 11) is 3.97. The van der Waals surface area contributed by atoms with Crippen LogP contribution in [-0.4, -0.2) is 49.9 Å². The quantitative estimate of drug-likeness (QED) is 0.561. The number of nitrogens with one attached hydrogen (secondary N) is 1. The topological polar surface area (TPSA) is 58.6 Å². The Morgan fingerprint density at radius 2 is 2.05 bits per heavy atom. The summed E-state index contributed by atoms with van der Waals surface area (Å²) >= 11 is 0. The maximum absolute atomic E-state index is 11.7. The van der Waals surface area contributed by atoms with Crippen LogP contribution in [0.1, 0.15) is 37.0 Å². The summed E-state index contributed by atoms with van der Waals surface area (Å²) < 4.78 is 5.57. The van der Waals surface area contributed by atoms with Crippen LogP contribution in [0.5, 0.6) is 5.75 Å². The van der Waals surface area contributed by atoms with Crippen molar-refractivity contribution in [2.24, 2.45) is 0 Å².